The SMILES string of the molecule is COc1ccccc1OCCN1C(=O)S/C(=C\c2ccc([N+](=O)[O-])o2)C1=O. The standard InChI is InChI=1S/C17H14N2O7S/c1-24-12-4-2-3-5-13(12)25-9-8-18-16(20)14(27-17(18)21)10-11-6-7-15(26-11)19(22)23/h2-7,10H,8-9H2,1H3/b14-10-. The number of para-hydroxylation sites is 2. The van der Waals surface area contributed by atoms with Gasteiger partial charge < -0.3 is 13.9 Å². The van der Waals surface area contributed by atoms with Crippen LogP contribution in [0.25, 0.3) is 6.08 Å². The Kier molecular flexibility index (Phi) is 5.46. The summed E-state index contributed by atoms with van der Waals surface area (Å²) in [6, 6.07) is 9.57. The number of carbonyl (C=O) groups excluding carboxylic acids is 2. The number of nitro groups is 1. The van der Waals surface area contributed by atoms with Gasteiger partial charge >= 0.3 is 5.88 Å². The number of imide groups is 1. The van der Waals surface area contributed by atoms with Gasteiger partial charge in [0.1, 0.15) is 17.3 Å². The largest absolute Gasteiger partial charge is 0.493 e. The van der Waals surface area contributed by atoms with Crippen molar-refractivity contribution in [1.29, 1.82) is 0 Å². The summed E-state index contributed by atoms with van der Waals surface area (Å²) in [5.41, 5.74) is 0. The molecule has 1 aliphatic heterocycles. The molecule has 0 unspecified atom stereocenters. The van der Waals surface area contributed by atoms with Gasteiger partial charge in [-0.1, -0.05) is 12.1 Å². The summed E-state index contributed by atoms with van der Waals surface area (Å²) in [6.07, 6.45) is 1.30. The third-order valence-electron chi connectivity index (χ3n) is 3.58. The second-order valence-corrected chi connectivity index (χ2v) is 6.26. The quantitative estimate of drug-likeness (QED) is 0.402. The molecule has 0 atom stereocenters. The molecule has 1 fully saturated rings. The first-order chi connectivity index (χ1) is 13.0. The Balaban J connectivity index is 1.63. The van der Waals surface area contributed by atoms with E-state index in [-0.39, 0.29) is 23.8 Å². The summed E-state index contributed by atoms with van der Waals surface area (Å²) < 4.78 is 15.7. The Hall–Kier alpha value is -3.27. The van der Waals surface area contributed by atoms with Crippen LogP contribution in [-0.2, 0) is 4.79 Å². The highest BCUT2D eigenvalue weighted by Gasteiger charge is 2.35. The van der Waals surface area contributed by atoms with Crippen LogP contribution in [0.3, 0.4) is 0 Å². The van der Waals surface area contributed by atoms with Crippen LogP contribution in [0.5, 0.6) is 11.5 Å². The Morgan fingerprint density at radius 2 is 1.96 bits per heavy atom. The number of hydrogen-bond acceptors (Lipinski definition) is 8. The van der Waals surface area contributed by atoms with E-state index in [4.69, 9.17) is 13.9 Å². The lowest BCUT2D eigenvalue weighted by Crippen LogP contribution is -2.32. The van der Waals surface area contributed by atoms with Crippen LogP contribution >= 0.6 is 11.8 Å². The van der Waals surface area contributed by atoms with E-state index in [9.17, 15) is 19.7 Å². The van der Waals surface area contributed by atoms with Gasteiger partial charge in [-0.15, -0.1) is 0 Å². The monoisotopic (exact) mass is 390 g/mol. The third-order valence-corrected chi connectivity index (χ3v) is 4.49. The number of carbonyl (C=O) groups is 2. The van der Waals surface area contributed by atoms with Crippen LogP contribution in [-0.4, -0.2) is 41.2 Å². The molecule has 0 radical (unpaired) electrons. The summed E-state index contributed by atoms with van der Waals surface area (Å²) in [7, 11) is 1.52. The van der Waals surface area contributed by atoms with Gasteiger partial charge in [-0.25, -0.2) is 0 Å². The zero-order valence-corrected chi connectivity index (χ0v) is 14.9. The van der Waals surface area contributed by atoms with Crippen molar-refractivity contribution in [3.63, 3.8) is 0 Å². The Morgan fingerprint density at radius 1 is 1.22 bits per heavy atom. The summed E-state index contributed by atoms with van der Waals surface area (Å²) in [4.78, 5) is 35.6. The number of benzene rings is 1. The summed E-state index contributed by atoms with van der Waals surface area (Å²) in [5.74, 6) is 0.229. The molecule has 1 aliphatic rings. The number of rotatable bonds is 7. The topological polar surface area (TPSA) is 112 Å². The van der Waals surface area contributed by atoms with Crippen LogP contribution in [0.4, 0.5) is 10.7 Å². The zero-order valence-electron chi connectivity index (χ0n) is 14.1. The zero-order chi connectivity index (χ0) is 19.4. The fourth-order valence-electron chi connectivity index (χ4n) is 2.32. The number of amides is 2. The molecule has 1 saturated heterocycles. The maximum absolute atomic E-state index is 12.4. The molecule has 2 aromatic rings. The molecule has 10 heteroatoms. The van der Waals surface area contributed by atoms with Crippen molar-refractivity contribution >= 4 is 34.9 Å². The van der Waals surface area contributed by atoms with Crippen molar-refractivity contribution in [3.05, 3.63) is 57.2 Å². The number of nitrogens with zero attached hydrogens (tertiary/aromatic N) is 2. The fourth-order valence-corrected chi connectivity index (χ4v) is 3.17. The van der Waals surface area contributed by atoms with Crippen molar-refractivity contribution in [2.75, 3.05) is 20.3 Å². The minimum atomic E-state index is -0.682. The van der Waals surface area contributed by atoms with E-state index in [1.165, 1.54) is 25.3 Å². The Labute approximate surface area is 157 Å². The summed E-state index contributed by atoms with van der Waals surface area (Å²) in [6.45, 7) is 0.149. The van der Waals surface area contributed by atoms with Crippen LogP contribution in [0.2, 0.25) is 0 Å². The molecule has 0 bridgehead atoms. The Bertz CT molecular complexity index is 922. The molecule has 0 spiro atoms. The molecule has 27 heavy (non-hydrogen) atoms. The van der Waals surface area contributed by atoms with Gasteiger partial charge in [-0.3, -0.25) is 24.6 Å². The minimum absolute atomic E-state index is 0.0539. The van der Waals surface area contributed by atoms with E-state index >= 15 is 0 Å². The summed E-state index contributed by atoms with van der Waals surface area (Å²) in [5, 5.41) is 10.2. The molecule has 0 aliphatic carbocycles. The highest BCUT2D eigenvalue weighted by atomic mass is 32.2. The lowest BCUT2D eigenvalue weighted by molar-refractivity contribution is -0.402. The molecule has 9 nitrogen and oxygen atoms in total. The highest BCUT2D eigenvalue weighted by molar-refractivity contribution is 8.18. The van der Waals surface area contributed by atoms with Crippen molar-refractivity contribution in [1.82, 2.24) is 4.90 Å². The van der Waals surface area contributed by atoms with E-state index in [1.807, 2.05) is 0 Å². The molecule has 0 saturated carbocycles. The number of hydrogen-bond donors (Lipinski definition) is 0. The summed E-state index contributed by atoms with van der Waals surface area (Å²) >= 11 is 0.737. The van der Waals surface area contributed by atoms with Gasteiger partial charge in [0, 0.05) is 6.08 Å². The van der Waals surface area contributed by atoms with Gasteiger partial charge in [-0.2, -0.15) is 0 Å². The van der Waals surface area contributed by atoms with Crippen LogP contribution in [0, 0.1) is 10.1 Å². The second-order valence-electron chi connectivity index (χ2n) is 5.27. The first kappa shape index (κ1) is 18.5. The number of thioether (sulfide) groups is 1. The third kappa shape index (κ3) is 4.11. The van der Waals surface area contributed by atoms with Gasteiger partial charge in [0.2, 0.25) is 0 Å². The van der Waals surface area contributed by atoms with Crippen molar-refractivity contribution in [2.24, 2.45) is 0 Å². The predicted molar refractivity (Wildman–Crippen MR) is 96.5 cm³/mol. The van der Waals surface area contributed by atoms with E-state index in [1.54, 1.807) is 24.3 Å². The van der Waals surface area contributed by atoms with E-state index in [2.05, 4.69) is 0 Å². The molecule has 1 aromatic heterocycles. The van der Waals surface area contributed by atoms with Crippen LogP contribution in [0.1, 0.15) is 5.76 Å². The van der Waals surface area contributed by atoms with Gasteiger partial charge in [-0.05, 0) is 30.0 Å². The molecule has 3 rings (SSSR count). The normalized spacial score (nSPS) is 15.4. The maximum atomic E-state index is 12.4. The van der Waals surface area contributed by atoms with Crippen LogP contribution in [0.15, 0.2) is 45.7 Å². The average Bonchev–Trinajstić information content (AvgIpc) is 3.22. The van der Waals surface area contributed by atoms with Gasteiger partial charge in [0.05, 0.1) is 24.6 Å². The number of ether oxygens (including phenoxy) is 2. The molecular weight excluding hydrogens is 376 g/mol. The van der Waals surface area contributed by atoms with Gasteiger partial charge in [0.15, 0.2) is 11.5 Å². The van der Waals surface area contributed by atoms with E-state index < -0.39 is 22.0 Å². The van der Waals surface area contributed by atoms with Crippen molar-refractivity contribution in [2.45, 2.75) is 0 Å². The fraction of sp³-hybridized carbons (Fsp3) is 0.176. The molecule has 0 N–H and O–H groups in total. The first-order valence-corrected chi connectivity index (χ1v) is 8.56. The second kappa shape index (κ2) is 7.96. The first-order valence-electron chi connectivity index (χ1n) is 7.75. The van der Waals surface area contributed by atoms with Crippen molar-refractivity contribution < 1.29 is 28.4 Å². The molecule has 1 aromatic carbocycles. The van der Waals surface area contributed by atoms with E-state index in [0.29, 0.717) is 11.5 Å². The van der Waals surface area contributed by atoms with Crippen molar-refractivity contribution in [3.8, 4) is 11.5 Å². The lowest BCUT2D eigenvalue weighted by atomic mass is 10.3. The number of furan rings is 1. The molecule has 2 amide bonds. The van der Waals surface area contributed by atoms with E-state index in [0.717, 1.165) is 16.7 Å². The lowest BCUT2D eigenvalue weighted by Gasteiger charge is -2.14. The van der Waals surface area contributed by atoms with Crippen LogP contribution < -0.4 is 9.47 Å². The molecule has 2 heterocycles. The smallest absolute Gasteiger partial charge is 0.433 e. The number of methoxy groups -OCH3 is 1. The molecule has 140 valence electrons. The van der Waals surface area contributed by atoms with Gasteiger partial charge in [0.25, 0.3) is 11.1 Å². The highest BCUT2D eigenvalue weighted by Crippen LogP contribution is 2.33. The Morgan fingerprint density at radius 3 is 2.63 bits per heavy atom. The maximum Gasteiger partial charge on any atom is 0.433 e. The molecular formula is C17H14N2O7S. The average molecular weight is 390 g/mol. The minimum Gasteiger partial charge on any atom is -0.493 e. The predicted octanol–water partition coefficient (Wildman–Crippen LogP) is 3.31.